The monoisotopic (exact) mass is 753 g/mol. The Morgan fingerprint density at radius 3 is 2.40 bits per heavy atom. The van der Waals surface area contributed by atoms with Gasteiger partial charge in [0.2, 0.25) is 5.91 Å². The molecule has 2 aromatic carbocycles. The molecule has 0 spiro atoms. The molecule has 53 heavy (non-hydrogen) atoms. The Kier molecular flexibility index (Phi) is 9.00. The van der Waals surface area contributed by atoms with Crippen LogP contribution in [0.3, 0.4) is 0 Å². The van der Waals surface area contributed by atoms with Gasteiger partial charge in [-0.2, -0.15) is 19.0 Å². The lowest BCUT2D eigenvalue weighted by atomic mass is 9.73. The number of pyridine rings is 1. The number of nitrogen functional groups attached to an aromatic ring is 1. The third-order valence-corrected chi connectivity index (χ3v) is 10.0. The fraction of sp³-hybridized carbons (Fsp3) is 0.368. The van der Waals surface area contributed by atoms with E-state index < -0.39 is 71.1 Å². The lowest BCUT2D eigenvalue weighted by Crippen LogP contribution is -2.36. The van der Waals surface area contributed by atoms with Gasteiger partial charge < -0.3 is 11.1 Å². The minimum atomic E-state index is -3.46. The molecule has 5 aromatic rings. The summed E-state index contributed by atoms with van der Waals surface area (Å²) in [7, 11) is 1.67. The Morgan fingerprint density at radius 1 is 1.06 bits per heavy atom. The number of aryl methyl sites for hydroxylation is 1. The van der Waals surface area contributed by atoms with Crippen LogP contribution in [-0.4, -0.2) is 30.5 Å². The van der Waals surface area contributed by atoms with Crippen molar-refractivity contribution in [2.75, 3.05) is 5.73 Å². The zero-order valence-electron chi connectivity index (χ0n) is 29.0. The molecule has 2 aliphatic rings. The molecule has 3 N–H and O–H groups in total. The Balaban J connectivity index is 1.37. The number of hydrogen-bond acceptors (Lipinski definition) is 5. The molecule has 1 saturated carbocycles. The van der Waals surface area contributed by atoms with E-state index in [1.54, 1.807) is 31.3 Å². The van der Waals surface area contributed by atoms with E-state index in [4.69, 9.17) is 22.3 Å². The standard InChI is InChI=1S/C38H34ClF6N7O/c1-37(2,3)12-11-21-5-6-22(23-8-10-26(39)30-33(23)51(4)50-36(30)46)31(47-21)27(15-18-13-19(40)16-20(41)14-18)48-28(53)17-52-34-29(32(49-52)35(42)43)24-7-9-25(24)38(34,44)45/h5-6,8,10,13-14,16,24-25,27,35H,7,9,15,17H2,1-4H3,(H2,46,50)(H,48,53). The number of hydrogen-bond donors (Lipinski definition) is 2. The highest BCUT2D eigenvalue weighted by Gasteiger charge is 2.62. The first-order chi connectivity index (χ1) is 24.9. The van der Waals surface area contributed by atoms with Gasteiger partial charge in [0.1, 0.15) is 35.3 Å². The van der Waals surface area contributed by atoms with Crippen LogP contribution in [0.5, 0.6) is 0 Å². The Hall–Kier alpha value is -5.03. The van der Waals surface area contributed by atoms with Crippen molar-refractivity contribution in [1.82, 2.24) is 29.9 Å². The number of carbonyl (C=O) groups is 1. The summed E-state index contributed by atoms with van der Waals surface area (Å²) < 4.78 is 90.6. The van der Waals surface area contributed by atoms with E-state index in [1.807, 2.05) is 20.8 Å². The van der Waals surface area contributed by atoms with Gasteiger partial charge in [-0.05, 0) is 87.8 Å². The van der Waals surface area contributed by atoms with Crippen LogP contribution in [0.4, 0.5) is 32.2 Å². The first-order valence-corrected chi connectivity index (χ1v) is 17.3. The second-order valence-electron chi connectivity index (χ2n) is 14.6. The molecule has 3 heterocycles. The van der Waals surface area contributed by atoms with E-state index in [1.165, 1.54) is 4.68 Å². The molecular weight excluding hydrogens is 720 g/mol. The van der Waals surface area contributed by atoms with Crippen molar-refractivity contribution < 1.29 is 31.1 Å². The van der Waals surface area contributed by atoms with Gasteiger partial charge in [-0.3, -0.25) is 14.2 Å². The van der Waals surface area contributed by atoms with Gasteiger partial charge in [-0.1, -0.05) is 23.6 Å². The number of rotatable bonds is 8. The van der Waals surface area contributed by atoms with E-state index in [-0.39, 0.29) is 35.5 Å². The van der Waals surface area contributed by atoms with Crippen LogP contribution in [0.25, 0.3) is 22.0 Å². The Labute approximate surface area is 305 Å². The first kappa shape index (κ1) is 36.3. The number of halogens is 7. The summed E-state index contributed by atoms with van der Waals surface area (Å²) in [4.78, 5) is 18.8. The SMILES string of the molecule is Cn1nc(N)c2c(Cl)ccc(-c3ccc(C#CC(C)(C)C)nc3C(Cc3cc(F)cc(F)c3)NC(=O)Cn3nc(C(F)F)c4c3C(F)(F)C3CCC43)c21. The fourth-order valence-corrected chi connectivity index (χ4v) is 7.66. The number of fused-ring (bicyclic) bond motifs is 4. The van der Waals surface area contributed by atoms with Crippen LogP contribution < -0.4 is 11.1 Å². The molecule has 1 amide bonds. The predicted molar refractivity (Wildman–Crippen MR) is 187 cm³/mol. The highest BCUT2D eigenvalue weighted by atomic mass is 35.5. The van der Waals surface area contributed by atoms with Crippen molar-refractivity contribution in [3.8, 4) is 23.0 Å². The Bertz CT molecular complexity index is 2330. The number of nitrogens with one attached hydrogen (secondary N) is 1. The van der Waals surface area contributed by atoms with E-state index in [0.717, 1.165) is 12.1 Å². The zero-order chi connectivity index (χ0) is 38.1. The number of benzene rings is 2. The van der Waals surface area contributed by atoms with Gasteiger partial charge >= 0.3 is 0 Å². The second-order valence-corrected chi connectivity index (χ2v) is 15.0. The number of aromatic nitrogens is 5. The molecule has 15 heteroatoms. The van der Waals surface area contributed by atoms with Crippen molar-refractivity contribution in [2.24, 2.45) is 18.4 Å². The molecule has 7 rings (SSSR count). The van der Waals surface area contributed by atoms with Gasteiger partial charge in [0, 0.05) is 41.1 Å². The molecular formula is C38H34ClF6N7O. The summed E-state index contributed by atoms with van der Waals surface area (Å²) in [5.74, 6) is -1.66. The number of anilines is 1. The van der Waals surface area contributed by atoms with Crippen molar-refractivity contribution in [2.45, 2.75) is 70.9 Å². The average Bonchev–Trinajstić information content (AvgIpc) is 3.60. The summed E-state index contributed by atoms with van der Waals surface area (Å²) in [5.41, 5.74) is 6.31. The largest absolute Gasteiger partial charge is 0.382 e. The van der Waals surface area contributed by atoms with Gasteiger partial charge in [-0.15, -0.1) is 0 Å². The molecule has 3 unspecified atom stereocenters. The van der Waals surface area contributed by atoms with Crippen LogP contribution in [0.15, 0.2) is 42.5 Å². The van der Waals surface area contributed by atoms with Gasteiger partial charge in [0.05, 0.1) is 27.7 Å². The quantitative estimate of drug-likeness (QED) is 0.122. The summed E-state index contributed by atoms with van der Waals surface area (Å²) in [5, 5.41) is 11.7. The number of alkyl halides is 4. The molecule has 0 saturated heterocycles. The highest BCUT2D eigenvalue weighted by molar-refractivity contribution is 6.37. The topological polar surface area (TPSA) is 104 Å². The van der Waals surface area contributed by atoms with Crippen LogP contribution in [0, 0.1) is 34.8 Å². The minimum absolute atomic E-state index is 0.140. The molecule has 1 fully saturated rings. The number of nitrogens with zero attached hydrogens (tertiary/aromatic N) is 5. The second kappa shape index (κ2) is 13.1. The number of carbonyl (C=O) groups excluding carboxylic acids is 1. The fourth-order valence-electron chi connectivity index (χ4n) is 7.41. The molecule has 2 aliphatic carbocycles. The molecule has 3 aromatic heterocycles. The average molecular weight is 754 g/mol. The maximum atomic E-state index is 15.6. The van der Waals surface area contributed by atoms with Crippen LogP contribution >= 0.6 is 11.6 Å². The van der Waals surface area contributed by atoms with Crippen molar-refractivity contribution in [1.29, 1.82) is 0 Å². The Morgan fingerprint density at radius 2 is 1.75 bits per heavy atom. The molecule has 0 radical (unpaired) electrons. The summed E-state index contributed by atoms with van der Waals surface area (Å²) in [6.45, 7) is 4.90. The molecule has 0 bridgehead atoms. The van der Waals surface area contributed by atoms with E-state index >= 15 is 8.78 Å². The first-order valence-electron chi connectivity index (χ1n) is 16.9. The van der Waals surface area contributed by atoms with E-state index in [0.29, 0.717) is 49.9 Å². The maximum Gasteiger partial charge on any atom is 0.293 e. The number of amides is 1. The third-order valence-electron chi connectivity index (χ3n) is 9.72. The molecule has 276 valence electrons. The summed E-state index contributed by atoms with van der Waals surface area (Å²) in [6.07, 6.45) is -2.86. The lowest BCUT2D eigenvalue weighted by Gasteiger charge is -2.34. The molecule has 8 nitrogen and oxygen atoms in total. The van der Waals surface area contributed by atoms with Gasteiger partial charge in [0.15, 0.2) is 5.82 Å². The molecule has 3 atom stereocenters. The van der Waals surface area contributed by atoms with Crippen molar-refractivity contribution >= 4 is 34.2 Å². The van der Waals surface area contributed by atoms with E-state index in [2.05, 4.69) is 27.4 Å². The van der Waals surface area contributed by atoms with Crippen LogP contribution in [0.2, 0.25) is 5.02 Å². The van der Waals surface area contributed by atoms with Crippen LogP contribution in [0.1, 0.15) is 85.9 Å². The summed E-state index contributed by atoms with van der Waals surface area (Å²) in [6, 6.07) is 8.46. The minimum Gasteiger partial charge on any atom is -0.382 e. The third kappa shape index (κ3) is 6.60. The normalized spacial score (nSPS) is 18.0. The van der Waals surface area contributed by atoms with Crippen molar-refractivity contribution in [3.05, 3.63) is 93.0 Å². The van der Waals surface area contributed by atoms with Crippen molar-refractivity contribution in [3.63, 3.8) is 0 Å². The highest BCUT2D eigenvalue weighted by Crippen LogP contribution is 2.63. The maximum absolute atomic E-state index is 15.6. The van der Waals surface area contributed by atoms with E-state index in [9.17, 15) is 22.4 Å². The lowest BCUT2D eigenvalue weighted by molar-refractivity contribution is -0.123. The van der Waals surface area contributed by atoms with Gasteiger partial charge in [-0.25, -0.2) is 22.5 Å². The van der Waals surface area contributed by atoms with Crippen LogP contribution in [-0.2, 0) is 30.7 Å². The van der Waals surface area contributed by atoms with Gasteiger partial charge in [0.25, 0.3) is 12.3 Å². The predicted octanol–water partition coefficient (Wildman–Crippen LogP) is 8.38. The zero-order valence-corrected chi connectivity index (χ0v) is 29.8. The smallest absolute Gasteiger partial charge is 0.293 e. The summed E-state index contributed by atoms with van der Waals surface area (Å²) >= 11 is 6.53. The molecule has 0 aliphatic heterocycles. The number of nitrogens with two attached hydrogens (primary N) is 1.